The summed E-state index contributed by atoms with van der Waals surface area (Å²) in [6.07, 6.45) is 5.46. The van der Waals surface area contributed by atoms with Gasteiger partial charge in [0.15, 0.2) is 0 Å². The molecule has 2 heteroatoms. The van der Waals surface area contributed by atoms with E-state index in [2.05, 4.69) is 26.1 Å². The fourth-order valence-electron chi connectivity index (χ4n) is 2.82. The predicted molar refractivity (Wildman–Crippen MR) is 62.9 cm³/mol. The van der Waals surface area contributed by atoms with Gasteiger partial charge in [-0.25, -0.2) is 0 Å². The smallest absolute Gasteiger partial charge is 0.0731 e. The van der Waals surface area contributed by atoms with Crippen LogP contribution >= 0.6 is 0 Å². The second-order valence-corrected chi connectivity index (χ2v) is 6.12. The first-order valence-corrected chi connectivity index (χ1v) is 6.28. The zero-order valence-corrected chi connectivity index (χ0v) is 10.6. The Bertz CT molecular complexity index is 235. The van der Waals surface area contributed by atoms with Crippen LogP contribution < -0.4 is 5.32 Å². The minimum absolute atomic E-state index is 0.0737. The van der Waals surface area contributed by atoms with E-state index in [1.54, 1.807) is 0 Å². The highest BCUT2D eigenvalue weighted by atomic mass is 16.5. The lowest BCUT2D eigenvalue weighted by Crippen LogP contribution is -2.68. The Kier molecular flexibility index (Phi) is 2.85. The number of rotatable bonds is 4. The summed E-state index contributed by atoms with van der Waals surface area (Å²) in [4.78, 5) is 0. The molecule has 0 radical (unpaired) electrons. The topological polar surface area (TPSA) is 21.3 Å². The molecule has 1 N–H and O–H groups in total. The van der Waals surface area contributed by atoms with Crippen molar-refractivity contribution in [3.63, 3.8) is 0 Å². The van der Waals surface area contributed by atoms with Crippen LogP contribution in [0, 0.1) is 11.3 Å². The van der Waals surface area contributed by atoms with Crippen LogP contribution in [0.2, 0.25) is 0 Å². The predicted octanol–water partition coefficient (Wildman–Crippen LogP) is 2.58. The molecule has 0 aromatic heterocycles. The largest absolute Gasteiger partial charge is 0.378 e. The van der Waals surface area contributed by atoms with Crippen LogP contribution in [-0.2, 0) is 4.74 Å². The van der Waals surface area contributed by atoms with Crippen molar-refractivity contribution in [2.45, 2.75) is 58.1 Å². The van der Waals surface area contributed by atoms with Crippen molar-refractivity contribution in [2.75, 3.05) is 13.7 Å². The third-order valence-corrected chi connectivity index (χ3v) is 5.16. The van der Waals surface area contributed by atoms with Gasteiger partial charge >= 0.3 is 0 Å². The molecule has 0 aromatic carbocycles. The third-order valence-electron chi connectivity index (χ3n) is 5.16. The van der Waals surface area contributed by atoms with E-state index in [4.69, 9.17) is 4.74 Å². The van der Waals surface area contributed by atoms with Crippen molar-refractivity contribution in [3.05, 3.63) is 0 Å². The first kappa shape index (κ1) is 11.4. The van der Waals surface area contributed by atoms with E-state index in [0.29, 0.717) is 6.04 Å². The van der Waals surface area contributed by atoms with Crippen molar-refractivity contribution in [2.24, 2.45) is 11.3 Å². The normalized spacial score (nSPS) is 39.6. The molecule has 2 nitrogen and oxygen atoms in total. The lowest BCUT2D eigenvalue weighted by atomic mass is 9.55. The van der Waals surface area contributed by atoms with Crippen LogP contribution in [0.15, 0.2) is 0 Å². The molecular weight excluding hydrogens is 186 g/mol. The molecule has 2 aliphatic rings. The first-order valence-electron chi connectivity index (χ1n) is 6.28. The summed E-state index contributed by atoms with van der Waals surface area (Å²) in [6.45, 7) is 8.08. The van der Waals surface area contributed by atoms with Gasteiger partial charge in [-0.1, -0.05) is 20.3 Å². The zero-order chi connectivity index (χ0) is 11.1. The van der Waals surface area contributed by atoms with E-state index in [9.17, 15) is 0 Å². The Morgan fingerprint density at radius 2 is 1.93 bits per heavy atom. The van der Waals surface area contributed by atoms with Gasteiger partial charge in [0.05, 0.1) is 5.60 Å². The monoisotopic (exact) mass is 211 g/mol. The molecular formula is C13H25NO. The molecule has 2 unspecified atom stereocenters. The summed E-state index contributed by atoms with van der Waals surface area (Å²) in [7, 11) is 1.84. The van der Waals surface area contributed by atoms with Gasteiger partial charge in [0.1, 0.15) is 0 Å². The number of hydrogen-bond acceptors (Lipinski definition) is 2. The highest BCUT2D eigenvalue weighted by molar-refractivity contribution is 5.11. The molecule has 2 saturated carbocycles. The standard InChI is InChI=1S/C13H25NO/c1-12(2)11(8-13(12,3)15-4)14-9-10-6-5-7-10/h10-11,14H,5-9H2,1-4H3. The van der Waals surface area contributed by atoms with E-state index in [-0.39, 0.29) is 11.0 Å². The Labute approximate surface area is 93.8 Å². The molecule has 2 rings (SSSR count). The molecule has 0 bridgehead atoms. The van der Waals surface area contributed by atoms with Crippen LogP contribution in [-0.4, -0.2) is 25.3 Å². The Morgan fingerprint density at radius 3 is 2.33 bits per heavy atom. The quantitative estimate of drug-likeness (QED) is 0.771. The highest BCUT2D eigenvalue weighted by Crippen LogP contribution is 2.51. The molecule has 0 saturated heterocycles. The Balaban J connectivity index is 1.80. The second kappa shape index (κ2) is 3.74. The minimum Gasteiger partial charge on any atom is -0.378 e. The zero-order valence-electron chi connectivity index (χ0n) is 10.6. The van der Waals surface area contributed by atoms with Gasteiger partial charge in [-0.05, 0) is 38.6 Å². The molecule has 0 spiro atoms. The van der Waals surface area contributed by atoms with E-state index >= 15 is 0 Å². The fourth-order valence-corrected chi connectivity index (χ4v) is 2.82. The molecule has 0 amide bonds. The second-order valence-electron chi connectivity index (χ2n) is 6.12. The SMILES string of the molecule is COC1(C)CC(NCC2CCC2)C1(C)C. The molecule has 88 valence electrons. The molecule has 0 aromatic rings. The van der Waals surface area contributed by atoms with Gasteiger partial charge in [0, 0.05) is 18.6 Å². The molecule has 2 atom stereocenters. The summed E-state index contributed by atoms with van der Waals surface area (Å²) in [5.41, 5.74) is 0.343. The number of hydrogen-bond donors (Lipinski definition) is 1. The van der Waals surface area contributed by atoms with E-state index in [1.165, 1.54) is 25.8 Å². The van der Waals surface area contributed by atoms with Crippen LogP contribution in [0.5, 0.6) is 0 Å². The molecule has 15 heavy (non-hydrogen) atoms. The maximum Gasteiger partial charge on any atom is 0.0731 e. The van der Waals surface area contributed by atoms with Gasteiger partial charge in [0.25, 0.3) is 0 Å². The molecule has 2 aliphatic carbocycles. The Hall–Kier alpha value is -0.0800. The van der Waals surface area contributed by atoms with Crippen molar-refractivity contribution in [3.8, 4) is 0 Å². The van der Waals surface area contributed by atoms with E-state index in [0.717, 1.165) is 12.3 Å². The third kappa shape index (κ3) is 1.72. The summed E-state index contributed by atoms with van der Waals surface area (Å²) >= 11 is 0. The first-order chi connectivity index (χ1) is 6.99. The van der Waals surface area contributed by atoms with Crippen LogP contribution in [0.4, 0.5) is 0 Å². The maximum atomic E-state index is 5.63. The van der Waals surface area contributed by atoms with E-state index in [1.807, 2.05) is 7.11 Å². The average Bonchev–Trinajstić information content (AvgIpc) is 2.13. The number of nitrogens with one attached hydrogen (secondary N) is 1. The summed E-state index contributed by atoms with van der Waals surface area (Å²) in [5.74, 6) is 0.954. The van der Waals surface area contributed by atoms with Gasteiger partial charge < -0.3 is 10.1 Å². The van der Waals surface area contributed by atoms with Gasteiger partial charge in [-0.15, -0.1) is 0 Å². The van der Waals surface area contributed by atoms with E-state index < -0.39 is 0 Å². The van der Waals surface area contributed by atoms with Crippen LogP contribution in [0.25, 0.3) is 0 Å². The molecule has 0 aliphatic heterocycles. The fraction of sp³-hybridized carbons (Fsp3) is 1.00. The number of ether oxygens (including phenoxy) is 1. The molecule has 0 heterocycles. The van der Waals surface area contributed by atoms with Crippen molar-refractivity contribution in [1.82, 2.24) is 5.32 Å². The van der Waals surface area contributed by atoms with Gasteiger partial charge in [-0.3, -0.25) is 0 Å². The Morgan fingerprint density at radius 1 is 1.27 bits per heavy atom. The van der Waals surface area contributed by atoms with Gasteiger partial charge in [0.2, 0.25) is 0 Å². The van der Waals surface area contributed by atoms with Crippen molar-refractivity contribution < 1.29 is 4.74 Å². The van der Waals surface area contributed by atoms with Crippen LogP contribution in [0.3, 0.4) is 0 Å². The summed E-state index contributed by atoms with van der Waals surface area (Å²) in [5, 5.41) is 3.72. The number of methoxy groups -OCH3 is 1. The average molecular weight is 211 g/mol. The lowest BCUT2D eigenvalue weighted by Gasteiger charge is -2.59. The minimum atomic E-state index is 0.0737. The van der Waals surface area contributed by atoms with Crippen molar-refractivity contribution >= 4 is 0 Å². The van der Waals surface area contributed by atoms with Crippen LogP contribution in [0.1, 0.15) is 46.5 Å². The summed E-state index contributed by atoms with van der Waals surface area (Å²) in [6, 6.07) is 0.642. The maximum absolute atomic E-state index is 5.63. The van der Waals surface area contributed by atoms with Gasteiger partial charge in [-0.2, -0.15) is 0 Å². The van der Waals surface area contributed by atoms with Crippen molar-refractivity contribution in [1.29, 1.82) is 0 Å². The lowest BCUT2D eigenvalue weighted by molar-refractivity contribution is -0.181. The highest BCUT2D eigenvalue weighted by Gasteiger charge is 2.57. The molecule has 2 fully saturated rings. The summed E-state index contributed by atoms with van der Waals surface area (Å²) < 4.78 is 5.63.